The summed E-state index contributed by atoms with van der Waals surface area (Å²) in [5.41, 5.74) is 4.43. The third-order valence-electron chi connectivity index (χ3n) is 4.10. The van der Waals surface area contributed by atoms with Gasteiger partial charge in [0.15, 0.2) is 0 Å². The Bertz CT molecular complexity index is 692. The van der Waals surface area contributed by atoms with Gasteiger partial charge in [0.1, 0.15) is 5.75 Å². The standard InChI is InChI=1S/C18H17F3O2/c1-11-3-8-16-12(2)17(22-10-14(16)9-11)13-4-6-15(7-5-13)23-18(19,20)21/h3-9,12,17H,10H2,1-2H3. The maximum absolute atomic E-state index is 12.2. The van der Waals surface area contributed by atoms with Crippen LogP contribution in [0.3, 0.4) is 0 Å². The molecule has 1 aliphatic rings. The molecule has 1 heterocycles. The van der Waals surface area contributed by atoms with E-state index in [1.807, 2.05) is 6.92 Å². The fourth-order valence-corrected chi connectivity index (χ4v) is 3.03. The van der Waals surface area contributed by atoms with Crippen LogP contribution in [0.2, 0.25) is 0 Å². The normalized spacial score (nSPS) is 20.9. The molecule has 2 atom stereocenters. The van der Waals surface area contributed by atoms with Gasteiger partial charge in [0.25, 0.3) is 0 Å². The smallest absolute Gasteiger partial charge is 0.406 e. The van der Waals surface area contributed by atoms with Crippen LogP contribution in [-0.4, -0.2) is 6.36 Å². The minimum Gasteiger partial charge on any atom is -0.406 e. The van der Waals surface area contributed by atoms with Gasteiger partial charge in [-0.2, -0.15) is 0 Å². The monoisotopic (exact) mass is 322 g/mol. The van der Waals surface area contributed by atoms with Crippen molar-refractivity contribution in [3.8, 4) is 5.75 Å². The second kappa shape index (κ2) is 5.89. The number of halogens is 3. The van der Waals surface area contributed by atoms with Crippen LogP contribution in [0.5, 0.6) is 5.75 Å². The van der Waals surface area contributed by atoms with E-state index in [4.69, 9.17) is 4.74 Å². The highest BCUT2D eigenvalue weighted by Crippen LogP contribution is 2.41. The number of hydrogen-bond donors (Lipinski definition) is 0. The Morgan fingerprint density at radius 3 is 2.43 bits per heavy atom. The molecule has 0 fully saturated rings. The van der Waals surface area contributed by atoms with Gasteiger partial charge in [-0.1, -0.05) is 42.8 Å². The third-order valence-corrected chi connectivity index (χ3v) is 4.10. The second-order valence-electron chi connectivity index (χ2n) is 5.84. The van der Waals surface area contributed by atoms with Gasteiger partial charge in [-0.15, -0.1) is 13.2 Å². The predicted octanol–water partition coefficient (Wildman–Crippen LogP) is 5.27. The van der Waals surface area contributed by atoms with Gasteiger partial charge in [-0.05, 0) is 35.7 Å². The minimum atomic E-state index is -4.67. The molecule has 0 bridgehead atoms. The van der Waals surface area contributed by atoms with E-state index in [-0.39, 0.29) is 17.8 Å². The average molecular weight is 322 g/mol. The molecule has 2 aromatic carbocycles. The van der Waals surface area contributed by atoms with Crippen LogP contribution in [0.15, 0.2) is 42.5 Å². The van der Waals surface area contributed by atoms with Crippen molar-refractivity contribution in [2.24, 2.45) is 0 Å². The van der Waals surface area contributed by atoms with Gasteiger partial charge >= 0.3 is 6.36 Å². The molecule has 0 aromatic heterocycles. The number of alkyl halides is 3. The van der Waals surface area contributed by atoms with Crippen LogP contribution in [0.25, 0.3) is 0 Å². The zero-order valence-electron chi connectivity index (χ0n) is 12.9. The Morgan fingerprint density at radius 1 is 1.09 bits per heavy atom. The van der Waals surface area contributed by atoms with Crippen LogP contribution < -0.4 is 4.74 Å². The van der Waals surface area contributed by atoms with Crippen molar-refractivity contribution in [1.29, 1.82) is 0 Å². The fraction of sp³-hybridized carbons (Fsp3) is 0.333. The Kier molecular flexibility index (Phi) is 4.06. The summed E-state index contributed by atoms with van der Waals surface area (Å²) in [7, 11) is 0. The molecule has 1 aliphatic heterocycles. The van der Waals surface area contributed by atoms with E-state index in [9.17, 15) is 13.2 Å². The van der Waals surface area contributed by atoms with Gasteiger partial charge in [0.05, 0.1) is 12.7 Å². The molecule has 0 N–H and O–H groups in total. The zero-order chi connectivity index (χ0) is 16.6. The summed E-state index contributed by atoms with van der Waals surface area (Å²) in [6.07, 6.45) is -4.85. The molecule has 3 rings (SSSR count). The molecule has 0 amide bonds. The van der Waals surface area contributed by atoms with Crippen molar-refractivity contribution < 1.29 is 22.6 Å². The van der Waals surface area contributed by atoms with Gasteiger partial charge in [-0.25, -0.2) is 0 Å². The van der Waals surface area contributed by atoms with E-state index in [0.29, 0.717) is 6.61 Å². The van der Waals surface area contributed by atoms with Crippen LogP contribution >= 0.6 is 0 Å². The van der Waals surface area contributed by atoms with Crippen LogP contribution in [-0.2, 0) is 11.3 Å². The maximum Gasteiger partial charge on any atom is 0.573 e. The molecule has 23 heavy (non-hydrogen) atoms. The lowest BCUT2D eigenvalue weighted by Gasteiger charge is -2.32. The van der Waals surface area contributed by atoms with Gasteiger partial charge < -0.3 is 9.47 Å². The first-order valence-corrected chi connectivity index (χ1v) is 7.40. The molecule has 122 valence electrons. The summed E-state index contributed by atoms with van der Waals surface area (Å²) in [6.45, 7) is 4.61. The highest BCUT2D eigenvalue weighted by Gasteiger charge is 2.32. The van der Waals surface area contributed by atoms with E-state index in [2.05, 4.69) is 29.9 Å². The summed E-state index contributed by atoms with van der Waals surface area (Å²) in [5.74, 6) is -0.0885. The Hall–Kier alpha value is -2.01. The lowest BCUT2D eigenvalue weighted by atomic mass is 9.85. The van der Waals surface area contributed by atoms with E-state index in [1.165, 1.54) is 28.8 Å². The number of benzene rings is 2. The van der Waals surface area contributed by atoms with Crippen LogP contribution in [0, 0.1) is 6.92 Å². The highest BCUT2D eigenvalue weighted by molar-refractivity contribution is 5.38. The van der Waals surface area contributed by atoms with Crippen molar-refractivity contribution in [2.45, 2.75) is 38.8 Å². The van der Waals surface area contributed by atoms with Crippen molar-refractivity contribution >= 4 is 0 Å². The molecule has 0 saturated heterocycles. The lowest BCUT2D eigenvalue weighted by molar-refractivity contribution is -0.274. The molecule has 0 aliphatic carbocycles. The minimum absolute atomic E-state index is 0.133. The highest BCUT2D eigenvalue weighted by atomic mass is 19.4. The molecule has 2 unspecified atom stereocenters. The van der Waals surface area contributed by atoms with Crippen molar-refractivity contribution in [1.82, 2.24) is 0 Å². The van der Waals surface area contributed by atoms with Gasteiger partial charge in [0, 0.05) is 5.92 Å². The summed E-state index contributed by atoms with van der Waals surface area (Å²) in [5, 5.41) is 0. The molecule has 0 radical (unpaired) electrons. The summed E-state index contributed by atoms with van der Waals surface area (Å²) >= 11 is 0. The Balaban J connectivity index is 1.81. The van der Waals surface area contributed by atoms with Crippen LogP contribution in [0.4, 0.5) is 13.2 Å². The molecule has 0 saturated carbocycles. The SMILES string of the molecule is Cc1ccc2c(c1)COC(c1ccc(OC(F)(F)F)cc1)C2C. The van der Waals surface area contributed by atoms with Crippen molar-refractivity contribution in [2.75, 3.05) is 0 Å². The summed E-state index contributed by atoms with van der Waals surface area (Å²) in [6, 6.07) is 12.2. The topological polar surface area (TPSA) is 18.5 Å². The first-order chi connectivity index (χ1) is 10.8. The molecule has 2 aromatic rings. The van der Waals surface area contributed by atoms with Gasteiger partial charge in [0.2, 0.25) is 0 Å². The summed E-state index contributed by atoms with van der Waals surface area (Å²) in [4.78, 5) is 0. The van der Waals surface area contributed by atoms with Crippen molar-refractivity contribution in [3.63, 3.8) is 0 Å². The van der Waals surface area contributed by atoms with E-state index in [0.717, 1.165) is 5.56 Å². The summed E-state index contributed by atoms with van der Waals surface area (Å²) < 4.78 is 46.5. The number of fused-ring (bicyclic) bond motifs is 1. The van der Waals surface area contributed by atoms with E-state index in [1.54, 1.807) is 12.1 Å². The zero-order valence-corrected chi connectivity index (χ0v) is 12.9. The van der Waals surface area contributed by atoms with E-state index >= 15 is 0 Å². The molecule has 0 spiro atoms. The Labute approximate surface area is 132 Å². The first-order valence-electron chi connectivity index (χ1n) is 7.40. The predicted molar refractivity (Wildman–Crippen MR) is 80.2 cm³/mol. The third kappa shape index (κ3) is 3.50. The first kappa shape index (κ1) is 15.9. The Morgan fingerprint density at radius 2 is 1.78 bits per heavy atom. The van der Waals surface area contributed by atoms with Crippen molar-refractivity contribution in [3.05, 3.63) is 64.7 Å². The lowest BCUT2D eigenvalue weighted by Crippen LogP contribution is -2.20. The average Bonchev–Trinajstić information content (AvgIpc) is 2.47. The van der Waals surface area contributed by atoms with Crippen LogP contribution in [0.1, 0.15) is 41.2 Å². The quantitative estimate of drug-likeness (QED) is 0.750. The molecular formula is C18H17F3O2. The molecule has 2 nitrogen and oxygen atoms in total. The largest absolute Gasteiger partial charge is 0.573 e. The molecule has 5 heteroatoms. The van der Waals surface area contributed by atoms with E-state index < -0.39 is 6.36 Å². The fourth-order valence-electron chi connectivity index (χ4n) is 3.03. The van der Waals surface area contributed by atoms with Gasteiger partial charge in [-0.3, -0.25) is 0 Å². The molecular weight excluding hydrogens is 305 g/mol. The maximum atomic E-state index is 12.2. The number of aryl methyl sites for hydroxylation is 1. The number of rotatable bonds is 2. The number of ether oxygens (including phenoxy) is 2. The number of hydrogen-bond acceptors (Lipinski definition) is 2. The second-order valence-corrected chi connectivity index (χ2v) is 5.84.